The largest absolute Gasteiger partial charge is 0.493 e. The number of aliphatic imine (C=N–C) groups is 1. The number of ether oxygens (including phenoxy) is 3. The molecule has 9 nitrogen and oxygen atoms in total. The third kappa shape index (κ3) is 5.39. The van der Waals surface area contributed by atoms with Crippen molar-refractivity contribution in [3.8, 4) is 17.2 Å². The highest BCUT2D eigenvalue weighted by molar-refractivity contribution is 8.27. The number of thioether (sulfide) groups is 1. The van der Waals surface area contributed by atoms with Crippen molar-refractivity contribution >= 4 is 39.8 Å². The Labute approximate surface area is 218 Å². The lowest BCUT2D eigenvalue weighted by Crippen LogP contribution is -2.35. The summed E-state index contributed by atoms with van der Waals surface area (Å²) in [4.78, 5) is 21.0. The number of hydrogen-bond donors (Lipinski definition) is 1. The molecule has 0 fully saturated rings. The molecule has 186 valence electrons. The van der Waals surface area contributed by atoms with Crippen LogP contribution in [0.2, 0.25) is 0 Å². The van der Waals surface area contributed by atoms with Gasteiger partial charge in [-0.25, -0.2) is 0 Å². The molecule has 5 rings (SSSR count). The van der Waals surface area contributed by atoms with Gasteiger partial charge in [-0.1, -0.05) is 23.8 Å². The molecule has 10 heteroatoms. The number of pyridine rings is 1. The van der Waals surface area contributed by atoms with Crippen molar-refractivity contribution in [2.45, 2.75) is 6.92 Å². The number of hydrogen-bond acceptors (Lipinski definition) is 8. The van der Waals surface area contributed by atoms with Gasteiger partial charge < -0.3 is 14.2 Å². The number of nitrogens with zero attached hydrogens (tertiary/aromatic N) is 4. The minimum atomic E-state index is -0.501. The zero-order valence-electron chi connectivity index (χ0n) is 20.2. The lowest BCUT2D eigenvalue weighted by atomic mass is 10.1. The molecule has 1 aromatic heterocycles. The molecule has 3 aromatic rings. The van der Waals surface area contributed by atoms with Crippen LogP contribution in [-0.4, -0.2) is 52.3 Å². The Bertz CT molecular complexity index is 1430. The quantitative estimate of drug-likeness (QED) is 0.348. The predicted octanol–water partition coefficient (Wildman–Crippen LogP) is 4.52. The number of benzene rings is 2. The molecule has 37 heavy (non-hydrogen) atoms. The minimum Gasteiger partial charge on any atom is -0.493 e. The summed E-state index contributed by atoms with van der Waals surface area (Å²) in [6.07, 6.45) is 4.95. The number of methoxy groups -OCH3 is 1. The lowest BCUT2D eigenvalue weighted by Gasteiger charge is -2.20. The summed E-state index contributed by atoms with van der Waals surface area (Å²) in [6, 6.07) is 16.8. The summed E-state index contributed by atoms with van der Waals surface area (Å²) in [5, 5.41) is 15.4. The monoisotopic (exact) mass is 513 g/mol. The number of fused-ring (bicyclic) bond motifs is 1. The van der Waals surface area contributed by atoms with E-state index in [9.17, 15) is 4.79 Å². The van der Waals surface area contributed by atoms with Crippen molar-refractivity contribution in [1.29, 1.82) is 5.41 Å². The smallest absolute Gasteiger partial charge is 0.283 e. The van der Waals surface area contributed by atoms with Crippen LogP contribution in [0.3, 0.4) is 0 Å². The van der Waals surface area contributed by atoms with Gasteiger partial charge in [0.1, 0.15) is 24.0 Å². The molecule has 2 aliphatic rings. The Kier molecular flexibility index (Phi) is 7.00. The van der Waals surface area contributed by atoms with Crippen molar-refractivity contribution in [3.05, 3.63) is 89.3 Å². The van der Waals surface area contributed by atoms with E-state index in [2.05, 4.69) is 15.1 Å². The number of aryl methyl sites for hydroxylation is 1. The second-order valence-corrected chi connectivity index (χ2v) is 9.04. The summed E-state index contributed by atoms with van der Waals surface area (Å²) in [6.45, 7) is 2.73. The number of hydrazone groups is 1. The first-order valence-corrected chi connectivity index (χ1v) is 12.2. The number of amides is 1. The second-order valence-electron chi connectivity index (χ2n) is 8.09. The topological polar surface area (TPSA) is 109 Å². The number of rotatable bonds is 8. The van der Waals surface area contributed by atoms with Crippen LogP contribution >= 0.6 is 11.8 Å². The maximum atomic E-state index is 12.8. The van der Waals surface area contributed by atoms with Crippen LogP contribution in [0, 0.1) is 12.3 Å². The van der Waals surface area contributed by atoms with E-state index < -0.39 is 5.91 Å². The van der Waals surface area contributed by atoms with Crippen molar-refractivity contribution < 1.29 is 19.0 Å². The average molecular weight is 514 g/mol. The number of carbonyl (C=O) groups is 1. The summed E-state index contributed by atoms with van der Waals surface area (Å²) in [7, 11) is 1.54. The minimum absolute atomic E-state index is 0.0473. The SMILES string of the molecule is COc1cc(C=C2C(=N)N3N=C(c4cccnc4)SC3=NC2=O)ccc1OCCOc1ccc(C)cc1. The Morgan fingerprint density at radius 2 is 1.86 bits per heavy atom. The highest BCUT2D eigenvalue weighted by Gasteiger charge is 2.36. The summed E-state index contributed by atoms with van der Waals surface area (Å²) >= 11 is 1.23. The Hall–Kier alpha value is -4.44. The zero-order chi connectivity index (χ0) is 25.8. The standard InChI is InChI=1S/C27H23N5O4S/c1-17-5-8-20(9-6-17)35-12-13-36-22-10-7-18(15-23(22)34-2)14-21-24(28)32-27(30-25(21)33)37-26(31-32)19-4-3-11-29-16-19/h3-11,14-16,28H,12-13H2,1-2H3. The third-order valence-electron chi connectivity index (χ3n) is 5.49. The molecule has 0 atom stereocenters. The molecule has 3 heterocycles. The van der Waals surface area contributed by atoms with Crippen LogP contribution in [0.1, 0.15) is 16.7 Å². The maximum Gasteiger partial charge on any atom is 0.283 e. The highest BCUT2D eigenvalue weighted by Crippen LogP contribution is 2.32. The van der Waals surface area contributed by atoms with Gasteiger partial charge in [-0.15, -0.1) is 0 Å². The van der Waals surface area contributed by atoms with E-state index in [0.717, 1.165) is 11.3 Å². The van der Waals surface area contributed by atoms with Crippen LogP contribution in [0.25, 0.3) is 6.08 Å². The van der Waals surface area contributed by atoms with E-state index in [1.807, 2.05) is 37.3 Å². The lowest BCUT2D eigenvalue weighted by molar-refractivity contribution is -0.114. The molecule has 0 spiro atoms. The number of nitrogens with one attached hydrogen (secondary N) is 1. The molecule has 0 radical (unpaired) electrons. The Morgan fingerprint density at radius 1 is 1.05 bits per heavy atom. The first-order chi connectivity index (χ1) is 18.0. The van der Waals surface area contributed by atoms with Gasteiger partial charge >= 0.3 is 0 Å². The molecule has 0 aliphatic carbocycles. The Morgan fingerprint density at radius 3 is 2.62 bits per heavy atom. The fourth-order valence-corrected chi connectivity index (χ4v) is 4.48. The summed E-state index contributed by atoms with van der Waals surface area (Å²) in [5.74, 6) is 1.27. The van der Waals surface area contributed by atoms with Gasteiger partial charge in [0.15, 0.2) is 17.3 Å². The van der Waals surface area contributed by atoms with E-state index in [1.165, 1.54) is 22.3 Å². The number of aromatic nitrogens is 1. The molecule has 1 amide bonds. The van der Waals surface area contributed by atoms with Gasteiger partial charge in [0, 0.05) is 18.0 Å². The fourth-order valence-electron chi connectivity index (χ4n) is 3.60. The van der Waals surface area contributed by atoms with E-state index >= 15 is 0 Å². The summed E-state index contributed by atoms with van der Waals surface area (Å²) < 4.78 is 17.0. The van der Waals surface area contributed by atoms with E-state index in [0.29, 0.717) is 40.5 Å². The van der Waals surface area contributed by atoms with Crippen molar-refractivity contribution in [3.63, 3.8) is 0 Å². The predicted molar refractivity (Wildman–Crippen MR) is 144 cm³/mol. The van der Waals surface area contributed by atoms with Gasteiger partial charge in [-0.05, 0) is 66.7 Å². The van der Waals surface area contributed by atoms with E-state index in [-0.39, 0.29) is 11.4 Å². The number of amidine groups is 2. The molecule has 2 aliphatic heterocycles. The first kappa shape index (κ1) is 24.3. The van der Waals surface area contributed by atoms with Crippen molar-refractivity contribution in [2.24, 2.45) is 10.1 Å². The summed E-state index contributed by atoms with van der Waals surface area (Å²) in [5.41, 5.74) is 2.75. The fraction of sp³-hybridized carbons (Fsp3) is 0.148. The van der Waals surface area contributed by atoms with Crippen molar-refractivity contribution in [2.75, 3.05) is 20.3 Å². The molecule has 1 N–H and O–H groups in total. The average Bonchev–Trinajstić information content (AvgIpc) is 3.35. The van der Waals surface area contributed by atoms with Gasteiger partial charge in [-0.3, -0.25) is 15.2 Å². The van der Waals surface area contributed by atoms with E-state index in [1.54, 1.807) is 49.8 Å². The molecule has 0 saturated carbocycles. The normalized spacial score (nSPS) is 15.8. The van der Waals surface area contributed by atoms with Crippen LogP contribution in [0.5, 0.6) is 17.2 Å². The van der Waals surface area contributed by atoms with Gasteiger partial charge in [0.25, 0.3) is 5.91 Å². The first-order valence-electron chi connectivity index (χ1n) is 11.4. The van der Waals surface area contributed by atoms with Crippen LogP contribution in [0.15, 0.2) is 82.7 Å². The maximum absolute atomic E-state index is 12.8. The van der Waals surface area contributed by atoms with Crippen LogP contribution < -0.4 is 14.2 Å². The molecule has 0 saturated heterocycles. The van der Waals surface area contributed by atoms with Gasteiger partial charge in [-0.2, -0.15) is 15.1 Å². The molecule has 0 bridgehead atoms. The third-order valence-corrected chi connectivity index (χ3v) is 6.45. The highest BCUT2D eigenvalue weighted by atomic mass is 32.2. The van der Waals surface area contributed by atoms with Gasteiger partial charge in [0.2, 0.25) is 5.17 Å². The molecular formula is C27H23N5O4S. The molecule has 0 unspecified atom stereocenters. The number of carbonyl (C=O) groups excluding carboxylic acids is 1. The zero-order valence-corrected chi connectivity index (χ0v) is 21.0. The van der Waals surface area contributed by atoms with Gasteiger partial charge in [0.05, 0.1) is 12.7 Å². The van der Waals surface area contributed by atoms with Crippen LogP contribution in [-0.2, 0) is 4.79 Å². The van der Waals surface area contributed by atoms with E-state index in [4.69, 9.17) is 19.6 Å². The van der Waals surface area contributed by atoms with Crippen LogP contribution in [0.4, 0.5) is 0 Å². The second kappa shape index (κ2) is 10.7. The molecular weight excluding hydrogens is 490 g/mol. The van der Waals surface area contributed by atoms with Crippen molar-refractivity contribution in [1.82, 2.24) is 9.99 Å². The molecule has 2 aromatic carbocycles. The Balaban J connectivity index is 1.28.